The molecule has 2 rings (SSSR count). The summed E-state index contributed by atoms with van der Waals surface area (Å²) in [5.41, 5.74) is 1.82. The molecule has 0 saturated carbocycles. The number of amides is 2. The van der Waals surface area contributed by atoms with Gasteiger partial charge in [-0.1, -0.05) is 32.9 Å². The van der Waals surface area contributed by atoms with Gasteiger partial charge in [0.2, 0.25) is 5.91 Å². The van der Waals surface area contributed by atoms with Gasteiger partial charge in [0.15, 0.2) is 0 Å². The lowest BCUT2D eigenvalue weighted by atomic mass is 10.0. The van der Waals surface area contributed by atoms with E-state index in [0.717, 1.165) is 32.4 Å². The Balaban J connectivity index is 2.06. The number of carbonyl (C=O) groups is 2. The molecule has 0 spiro atoms. The van der Waals surface area contributed by atoms with Crippen LogP contribution in [0, 0.1) is 5.92 Å². The van der Waals surface area contributed by atoms with Gasteiger partial charge in [-0.15, -0.1) is 0 Å². The fourth-order valence-electron chi connectivity index (χ4n) is 2.98. The van der Waals surface area contributed by atoms with Crippen molar-refractivity contribution in [1.82, 2.24) is 10.2 Å². The second-order valence-corrected chi connectivity index (χ2v) is 6.74. The predicted octanol–water partition coefficient (Wildman–Crippen LogP) is 3.02. The number of hydrogen-bond donors (Lipinski definition) is 1. The highest BCUT2D eigenvalue weighted by Gasteiger charge is 2.28. The molecule has 0 bridgehead atoms. The molecule has 126 valence electrons. The Labute approximate surface area is 139 Å². The summed E-state index contributed by atoms with van der Waals surface area (Å²) in [6.45, 7) is 7.87. The van der Waals surface area contributed by atoms with E-state index in [9.17, 15) is 9.59 Å². The van der Waals surface area contributed by atoms with Crippen LogP contribution in [0.5, 0.6) is 0 Å². The normalized spacial score (nSPS) is 15.7. The highest BCUT2D eigenvalue weighted by atomic mass is 16.2. The largest absolute Gasteiger partial charge is 0.341 e. The average Bonchev–Trinajstić information content (AvgIpc) is 3.07. The predicted molar refractivity (Wildman–Crippen MR) is 92.3 cm³/mol. The molecule has 1 saturated heterocycles. The number of likely N-dealkylation sites (tertiary alicyclic amines) is 1. The molecule has 1 N–H and O–H groups in total. The Bertz CT molecular complexity index is 531. The van der Waals surface area contributed by atoms with Crippen LogP contribution in [0.3, 0.4) is 0 Å². The van der Waals surface area contributed by atoms with Crippen LogP contribution in [0.2, 0.25) is 0 Å². The maximum Gasteiger partial charge on any atom is 0.251 e. The van der Waals surface area contributed by atoms with Gasteiger partial charge in [0.25, 0.3) is 5.91 Å². The van der Waals surface area contributed by atoms with E-state index in [1.807, 2.05) is 29.2 Å². The lowest BCUT2D eigenvalue weighted by Crippen LogP contribution is -2.48. The molecule has 23 heavy (non-hydrogen) atoms. The van der Waals surface area contributed by atoms with Crippen molar-refractivity contribution in [2.75, 3.05) is 13.1 Å². The SMILES string of the molecule is CCc1ccc(C(=O)NC(CC(C)C)C(=O)N2CCCC2)cc1. The first-order valence-corrected chi connectivity index (χ1v) is 8.69. The summed E-state index contributed by atoms with van der Waals surface area (Å²) in [7, 11) is 0. The third kappa shape index (κ3) is 4.81. The van der Waals surface area contributed by atoms with Crippen LogP contribution < -0.4 is 5.32 Å². The van der Waals surface area contributed by atoms with Crippen LogP contribution in [0.1, 0.15) is 56.0 Å². The quantitative estimate of drug-likeness (QED) is 0.877. The molecule has 0 radical (unpaired) electrons. The highest BCUT2D eigenvalue weighted by molar-refractivity contribution is 5.97. The third-order valence-electron chi connectivity index (χ3n) is 4.35. The number of nitrogens with one attached hydrogen (secondary N) is 1. The molecule has 4 heteroatoms. The van der Waals surface area contributed by atoms with Crippen LogP contribution in [-0.2, 0) is 11.2 Å². The van der Waals surface area contributed by atoms with Gasteiger partial charge in [0.05, 0.1) is 0 Å². The van der Waals surface area contributed by atoms with Crippen molar-refractivity contribution >= 4 is 11.8 Å². The van der Waals surface area contributed by atoms with Crippen molar-refractivity contribution in [3.8, 4) is 0 Å². The van der Waals surface area contributed by atoms with Crippen LogP contribution >= 0.6 is 0 Å². The summed E-state index contributed by atoms with van der Waals surface area (Å²) in [6, 6.07) is 7.18. The summed E-state index contributed by atoms with van der Waals surface area (Å²) < 4.78 is 0. The van der Waals surface area contributed by atoms with Crippen molar-refractivity contribution < 1.29 is 9.59 Å². The van der Waals surface area contributed by atoms with E-state index in [1.165, 1.54) is 5.56 Å². The highest BCUT2D eigenvalue weighted by Crippen LogP contribution is 2.14. The Morgan fingerprint density at radius 2 is 1.74 bits per heavy atom. The molecule has 1 aliphatic heterocycles. The molecule has 1 unspecified atom stereocenters. The zero-order valence-electron chi connectivity index (χ0n) is 14.5. The number of rotatable bonds is 6. The smallest absolute Gasteiger partial charge is 0.251 e. The number of hydrogen-bond acceptors (Lipinski definition) is 2. The van der Waals surface area contributed by atoms with Gasteiger partial charge >= 0.3 is 0 Å². The lowest BCUT2D eigenvalue weighted by molar-refractivity contribution is -0.132. The minimum Gasteiger partial charge on any atom is -0.341 e. The Kier molecular flexibility index (Phi) is 6.20. The fraction of sp³-hybridized carbons (Fsp3) is 0.579. The van der Waals surface area contributed by atoms with Crippen LogP contribution in [0.4, 0.5) is 0 Å². The zero-order valence-corrected chi connectivity index (χ0v) is 14.5. The first kappa shape index (κ1) is 17.5. The van der Waals surface area contributed by atoms with Gasteiger partial charge in [-0.3, -0.25) is 9.59 Å². The van der Waals surface area contributed by atoms with Crippen molar-refractivity contribution in [3.63, 3.8) is 0 Å². The van der Waals surface area contributed by atoms with Gasteiger partial charge in [0, 0.05) is 18.7 Å². The second kappa shape index (κ2) is 8.14. The molecular formula is C19H28N2O2. The third-order valence-corrected chi connectivity index (χ3v) is 4.35. The minimum atomic E-state index is -0.425. The van der Waals surface area contributed by atoms with Crippen molar-refractivity contribution in [2.45, 2.75) is 52.5 Å². The van der Waals surface area contributed by atoms with Gasteiger partial charge in [-0.2, -0.15) is 0 Å². The molecule has 1 atom stereocenters. The van der Waals surface area contributed by atoms with E-state index in [1.54, 1.807) is 0 Å². The van der Waals surface area contributed by atoms with Crippen LogP contribution in [0.15, 0.2) is 24.3 Å². The summed E-state index contributed by atoms with van der Waals surface area (Å²) in [4.78, 5) is 27.0. The fourth-order valence-corrected chi connectivity index (χ4v) is 2.98. The molecule has 1 aromatic carbocycles. The number of aryl methyl sites for hydroxylation is 1. The van der Waals surface area contributed by atoms with Crippen LogP contribution in [-0.4, -0.2) is 35.8 Å². The van der Waals surface area contributed by atoms with Crippen molar-refractivity contribution in [1.29, 1.82) is 0 Å². The average molecular weight is 316 g/mol. The molecule has 0 aromatic heterocycles. The van der Waals surface area contributed by atoms with Gasteiger partial charge in [-0.05, 0) is 49.3 Å². The first-order chi connectivity index (χ1) is 11.0. The van der Waals surface area contributed by atoms with E-state index < -0.39 is 6.04 Å². The maximum atomic E-state index is 12.7. The Morgan fingerprint density at radius 1 is 1.13 bits per heavy atom. The molecule has 2 amide bonds. The lowest BCUT2D eigenvalue weighted by Gasteiger charge is -2.25. The van der Waals surface area contributed by atoms with Crippen LogP contribution in [0.25, 0.3) is 0 Å². The maximum absolute atomic E-state index is 12.7. The summed E-state index contributed by atoms with van der Waals surface area (Å²) in [5, 5.41) is 2.95. The standard InChI is InChI=1S/C19H28N2O2/c1-4-15-7-9-16(10-8-15)18(22)20-17(13-14(2)3)19(23)21-11-5-6-12-21/h7-10,14,17H,4-6,11-13H2,1-3H3,(H,20,22). The van der Waals surface area contributed by atoms with Crippen molar-refractivity contribution in [2.24, 2.45) is 5.92 Å². The summed E-state index contributed by atoms with van der Waals surface area (Å²) in [5.74, 6) is 0.259. The molecule has 1 aliphatic rings. The summed E-state index contributed by atoms with van der Waals surface area (Å²) >= 11 is 0. The Hall–Kier alpha value is -1.84. The molecule has 1 aromatic rings. The van der Waals surface area contributed by atoms with E-state index in [0.29, 0.717) is 17.9 Å². The number of carbonyl (C=O) groups excluding carboxylic acids is 2. The Morgan fingerprint density at radius 3 is 2.26 bits per heavy atom. The number of nitrogens with zero attached hydrogens (tertiary/aromatic N) is 1. The van der Waals surface area contributed by atoms with E-state index in [4.69, 9.17) is 0 Å². The van der Waals surface area contributed by atoms with Gasteiger partial charge in [-0.25, -0.2) is 0 Å². The molecule has 0 aliphatic carbocycles. The molecule has 4 nitrogen and oxygen atoms in total. The zero-order chi connectivity index (χ0) is 16.8. The van der Waals surface area contributed by atoms with Crippen molar-refractivity contribution in [3.05, 3.63) is 35.4 Å². The van der Waals surface area contributed by atoms with E-state index in [-0.39, 0.29) is 11.8 Å². The molecular weight excluding hydrogens is 288 g/mol. The number of benzene rings is 1. The van der Waals surface area contributed by atoms with Gasteiger partial charge < -0.3 is 10.2 Å². The minimum absolute atomic E-state index is 0.0646. The second-order valence-electron chi connectivity index (χ2n) is 6.74. The van der Waals surface area contributed by atoms with Gasteiger partial charge in [0.1, 0.15) is 6.04 Å². The van der Waals surface area contributed by atoms with E-state index >= 15 is 0 Å². The molecule has 1 heterocycles. The van der Waals surface area contributed by atoms with E-state index in [2.05, 4.69) is 26.1 Å². The monoisotopic (exact) mass is 316 g/mol. The topological polar surface area (TPSA) is 49.4 Å². The molecule has 1 fully saturated rings. The summed E-state index contributed by atoms with van der Waals surface area (Å²) in [6.07, 6.45) is 3.75. The first-order valence-electron chi connectivity index (χ1n) is 8.69.